The van der Waals surface area contributed by atoms with Crippen molar-refractivity contribution in [2.24, 2.45) is 5.41 Å². The first kappa shape index (κ1) is 21.4. The van der Waals surface area contributed by atoms with Gasteiger partial charge in [0.2, 0.25) is 5.91 Å². The maximum atomic E-state index is 12.8. The SMILES string of the molecule is C[C@H]1C(=O)N(CCCN2CCC3(CC3)[C@H](O)C2)CCN1C(=O)Nc1cccc(Cl)c1. The summed E-state index contributed by atoms with van der Waals surface area (Å²) < 4.78 is 0. The predicted octanol–water partition coefficient (Wildman–Crippen LogP) is 2.64. The predicted molar refractivity (Wildman–Crippen MR) is 117 cm³/mol. The van der Waals surface area contributed by atoms with Gasteiger partial charge in [-0.3, -0.25) is 4.79 Å². The van der Waals surface area contributed by atoms with Crippen molar-refractivity contribution in [1.29, 1.82) is 0 Å². The van der Waals surface area contributed by atoms with Crippen molar-refractivity contribution >= 4 is 29.2 Å². The van der Waals surface area contributed by atoms with Crippen LogP contribution < -0.4 is 5.32 Å². The topological polar surface area (TPSA) is 76.1 Å². The number of piperazine rings is 1. The van der Waals surface area contributed by atoms with E-state index in [0.29, 0.717) is 30.3 Å². The number of aliphatic hydroxyl groups is 1. The van der Waals surface area contributed by atoms with Gasteiger partial charge in [-0.25, -0.2) is 4.79 Å². The number of carbonyl (C=O) groups excluding carboxylic acids is 2. The molecule has 0 bridgehead atoms. The molecule has 2 heterocycles. The zero-order valence-corrected chi connectivity index (χ0v) is 18.3. The molecule has 2 N–H and O–H groups in total. The summed E-state index contributed by atoms with van der Waals surface area (Å²) in [5.74, 6) is -0.0156. The van der Waals surface area contributed by atoms with Crippen molar-refractivity contribution in [3.05, 3.63) is 29.3 Å². The van der Waals surface area contributed by atoms with Crippen LogP contribution in [-0.2, 0) is 4.79 Å². The lowest BCUT2D eigenvalue weighted by Gasteiger charge is -2.40. The smallest absolute Gasteiger partial charge is 0.322 e. The second kappa shape index (κ2) is 8.73. The number of urea groups is 1. The van der Waals surface area contributed by atoms with E-state index in [1.54, 1.807) is 36.1 Å². The van der Waals surface area contributed by atoms with Gasteiger partial charge in [0, 0.05) is 36.9 Å². The van der Waals surface area contributed by atoms with E-state index in [2.05, 4.69) is 10.2 Å². The zero-order valence-electron chi connectivity index (χ0n) is 17.5. The maximum Gasteiger partial charge on any atom is 0.322 e. The molecule has 2 saturated heterocycles. The molecule has 3 amide bonds. The number of amides is 3. The number of nitrogens with zero attached hydrogens (tertiary/aromatic N) is 3. The van der Waals surface area contributed by atoms with Gasteiger partial charge in [0.25, 0.3) is 0 Å². The Morgan fingerprint density at radius 3 is 2.73 bits per heavy atom. The largest absolute Gasteiger partial charge is 0.391 e. The Bertz CT molecular complexity index is 800. The summed E-state index contributed by atoms with van der Waals surface area (Å²) in [7, 11) is 0. The summed E-state index contributed by atoms with van der Waals surface area (Å²) in [5.41, 5.74) is 0.843. The van der Waals surface area contributed by atoms with Crippen LogP contribution in [0.2, 0.25) is 5.02 Å². The molecule has 2 atom stereocenters. The highest BCUT2D eigenvalue weighted by Gasteiger charge is 2.51. The lowest BCUT2D eigenvalue weighted by Crippen LogP contribution is -2.58. The first-order chi connectivity index (χ1) is 14.4. The number of anilines is 1. The molecule has 8 heteroatoms. The Labute approximate surface area is 183 Å². The molecule has 164 valence electrons. The fourth-order valence-electron chi connectivity index (χ4n) is 4.70. The van der Waals surface area contributed by atoms with Crippen LogP contribution in [0.25, 0.3) is 0 Å². The number of aliphatic hydroxyl groups excluding tert-OH is 1. The van der Waals surface area contributed by atoms with Crippen LogP contribution in [0.15, 0.2) is 24.3 Å². The second-order valence-electron chi connectivity index (χ2n) is 8.92. The Kier molecular flexibility index (Phi) is 6.23. The van der Waals surface area contributed by atoms with Gasteiger partial charge in [-0.15, -0.1) is 0 Å². The van der Waals surface area contributed by atoms with Crippen LogP contribution in [0.3, 0.4) is 0 Å². The van der Waals surface area contributed by atoms with Crippen LogP contribution in [0.4, 0.5) is 10.5 Å². The Hall–Kier alpha value is -1.83. The number of hydrogen-bond acceptors (Lipinski definition) is 4. The molecule has 4 rings (SSSR count). The lowest BCUT2D eigenvalue weighted by molar-refractivity contribution is -0.139. The highest BCUT2D eigenvalue weighted by atomic mass is 35.5. The Morgan fingerprint density at radius 2 is 2.03 bits per heavy atom. The summed E-state index contributed by atoms with van der Waals surface area (Å²) in [6.45, 7) is 6.19. The molecular formula is C22H31ClN4O3. The normalized spacial score (nSPS) is 26.2. The zero-order chi connectivity index (χ0) is 21.3. The van der Waals surface area contributed by atoms with Crippen LogP contribution in [-0.4, -0.2) is 83.2 Å². The maximum absolute atomic E-state index is 12.8. The number of benzene rings is 1. The van der Waals surface area contributed by atoms with Gasteiger partial charge in [-0.1, -0.05) is 17.7 Å². The quantitative estimate of drug-likeness (QED) is 0.747. The van der Waals surface area contributed by atoms with Gasteiger partial charge < -0.3 is 25.1 Å². The number of rotatable bonds is 5. The molecule has 7 nitrogen and oxygen atoms in total. The van der Waals surface area contributed by atoms with E-state index in [1.807, 2.05) is 4.90 Å². The summed E-state index contributed by atoms with van der Waals surface area (Å²) in [6.07, 6.45) is 4.11. The van der Waals surface area contributed by atoms with E-state index in [1.165, 1.54) is 12.8 Å². The van der Waals surface area contributed by atoms with E-state index in [9.17, 15) is 14.7 Å². The van der Waals surface area contributed by atoms with Crippen LogP contribution in [0.5, 0.6) is 0 Å². The van der Waals surface area contributed by atoms with Gasteiger partial charge >= 0.3 is 6.03 Å². The number of carbonyl (C=O) groups is 2. The Balaban J connectivity index is 1.23. The molecule has 1 spiro atoms. The van der Waals surface area contributed by atoms with Gasteiger partial charge in [0.05, 0.1) is 6.10 Å². The van der Waals surface area contributed by atoms with Crippen LogP contribution in [0.1, 0.15) is 32.6 Å². The molecular weight excluding hydrogens is 404 g/mol. The molecule has 0 unspecified atom stereocenters. The van der Waals surface area contributed by atoms with Crippen LogP contribution in [0, 0.1) is 5.41 Å². The molecule has 2 aliphatic heterocycles. The summed E-state index contributed by atoms with van der Waals surface area (Å²) >= 11 is 5.97. The average molecular weight is 435 g/mol. The third-order valence-electron chi connectivity index (χ3n) is 6.94. The van der Waals surface area contributed by atoms with E-state index in [4.69, 9.17) is 11.6 Å². The van der Waals surface area contributed by atoms with Gasteiger partial charge in [0.1, 0.15) is 6.04 Å². The van der Waals surface area contributed by atoms with Gasteiger partial charge in [-0.05, 0) is 69.3 Å². The Morgan fingerprint density at radius 1 is 1.23 bits per heavy atom. The lowest BCUT2D eigenvalue weighted by atomic mass is 9.90. The fraction of sp³-hybridized carbons (Fsp3) is 0.636. The molecule has 3 fully saturated rings. The highest BCUT2D eigenvalue weighted by Crippen LogP contribution is 2.53. The van der Waals surface area contributed by atoms with Gasteiger partial charge in [-0.2, -0.15) is 0 Å². The van der Waals surface area contributed by atoms with Crippen molar-refractivity contribution in [2.75, 3.05) is 44.6 Å². The molecule has 0 radical (unpaired) electrons. The van der Waals surface area contributed by atoms with Crippen LogP contribution >= 0.6 is 11.6 Å². The number of halogens is 1. The van der Waals surface area contributed by atoms with Crippen molar-refractivity contribution in [3.8, 4) is 0 Å². The number of hydrogen-bond donors (Lipinski definition) is 2. The van der Waals surface area contributed by atoms with E-state index < -0.39 is 6.04 Å². The molecule has 30 heavy (non-hydrogen) atoms. The molecule has 1 aromatic rings. The highest BCUT2D eigenvalue weighted by molar-refractivity contribution is 6.30. The van der Waals surface area contributed by atoms with Crippen molar-refractivity contribution in [1.82, 2.24) is 14.7 Å². The third kappa shape index (κ3) is 4.58. The first-order valence-electron chi connectivity index (χ1n) is 10.9. The molecule has 1 saturated carbocycles. The minimum Gasteiger partial charge on any atom is -0.391 e. The minimum atomic E-state index is -0.496. The number of nitrogens with one attached hydrogen (secondary N) is 1. The van der Waals surface area contributed by atoms with Crippen molar-refractivity contribution < 1.29 is 14.7 Å². The number of β-amino-alcohol motifs (C(OH)–C–C–N with tert-alkyl or cyclic N) is 1. The summed E-state index contributed by atoms with van der Waals surface area (Å²) in [6, 6.07) is 6.20. The summed E-state index contributed by atoms with van der Waals surface area (Å²) in [5, 5.41) is 13.7. The molecule has 0 aromatic heterocycles. The number of piperidine rings is 1. The average Bonchev–Trinajstić information content (AvgIpc) is 3.49. The van der Waals surface area contributed by atoms with E-state index >= 15 is 0 Å². The standard InChI is InChI=1S/C22H31ClN4O3/c1-16-20(29)26(10-3-9-25-11-8-22(6-7-22)19(28)15-25)12-13-27(16)21(30)24-18-5-2-4-17(23)14-18/h2,4-5,14,16,19,28H,3,6-13,15H2,1H3,(H,24,30)/t16-,19+/m0/s1. The molecule has 1 aliphatic carbocycles. The van der Waals surface area contributed by atoms with Gasteiger partial charge in [0.15, 0.2) is 0 Å². The molecule has 1 aromatic carbocycles. The molecule has 3 aliphatic rings. The van der Waals surface area contributed by atoms with Crippen molar-refractivity contribution in [3.63, 3.8) is 0 Å². The monoisotopic (exact) mass is 434 g/mol. The minimum absolute atomic E-state index is 0.0156. The third-order valence-corrected chi connectivity index (χ3v) is 7.18. The van der Waals surface area contributed by atoms with Crippen molar-refractivity contribution in [2.45, 2.75) is 44.8 Å². The first-order valence-corrected chi connectivity index (χ1v) is 11.3. The second-order valence-corrected chi connectivity index (χ2v) is 9.35. The van der Waals surface area contributed by atoms with E-state index in [-0.39, 0.29) is 23.5 Å². The van der Waals surface area contributed by atoms with E-state index in [0.717, 1.165) is 32.5 Å². The number of likely N-dealkylation sites (tertiary alicyclic amines) is 1. The summed E-state index contributed by atoms with van der Waals surface area (Å²) in [4.78, 5) is 31.2. The fourth-order valence-corrected chi connectivity index (χ4v) is 4.89.